The van der Waals surface area contributed by atoms with Crippen molar-refractivity contribution in [2.24, 2.45) is 0 Å². The molecule has 0 rings (SSSR count). The van der Waals surface area contributed by atoms with Crippen molar-refractivity contribution in [3.05, 3.63) is 0 Å². The molecule has 0 heterocycles. The van der Waals surface area contributed by atoms with E-state index in [2.05, 4.69) is 15.9 Å². The predicted molar refractivity (Wildman–Crippen MR) is 39.9 cm³/mol. The lowest BCUT2D eigenvalue weighted by atomic mass is 10.4. The maximum Gasteiger partial charge on any atom is 0.403 e. The van der Waals surface area contributed by atoms with Gasteiger partial charge in [0.15, 0.2) is 0 Å². The molecule has 0 spiro atoms. The summed E-state index contributed by atoms with van der Waals surface area (Å²) in [5.74, 6) is 0. The number of ether oxygens (including phenoxy) is 1. The number of hydrogen-bond acceptors (Lipinski definition) is 1. The van der Waals surface area contributed by atoms with Crippen LogP contribution >= 0.6 is 15.9 Å². The SMILES string of the molecule is CCCOCC(Br)C(F)(F)F. The van der Waals surface area contributed by atoms with E-state index in [1.807, 2.05) is 6.92 Å². The van der Waals surface area contributed by atoms with Crippen molar-refractivity contribution in [3.63, 3.8) is 0 Å². The van der Waals surface area contributed by atoms with Crippen LogP contribution in [0.2, 0.25) is 0 Å². The van der Waals surface area contributed by atoms with E-state index in [0.717, 1.165) is 6.42 Å². The number of hydrogen-bond donors (Lipinski definition) is 0. The Morgan fingerprint density at radius 1 is 1.45 bits per heavy atom. The molecule has 0 aliphatic carbocycles. The standard InChI is InChI=1S/C6H10BrF3O/c1-2-3-11-4-5(7)6(8,9)10/h5H,2-4H2,1H3. The van der Waals surface area contributed by atoms with E-state index in [0.29, 0.717) is 6.61 Å². The van der Waals surface area contributed by atoms with Crippen LogP contribution in [0.5, 0.6) is 0 Å². The summed E-state index contributed by atoms with van der Waals surface area (Å²) in [6.45, 7) is 1.91. The Morgan fingerprint density at radius 3 is 2.36 bits per heavy atom. The van der Waals surface area contributed by atoms with Gasteiger partial charge in [-0.05, 0) is 6.42 Å². The van der Waals surface area contributed by atoms with Crippen molar-refractivity contribution >= 4 is 15.9 Å². The van der Waals surface area contributed by atoms with Crippen molar-refractivity contribution in [2.45, 2.75) is 24.3 Å². The molecule has 0 aliphatic heterocycles. The molecule has 0 aromatic carbocycles. The van der Waals surface area contributed by atoms with Crippen LogP contribution in [0.15, 0.2) is 0 Å². The third-order valence-electron chi connectivity index (χ3n) is 0.968. The van der Waals surface area contributed by atoms with Gasteiger partial charge in [-0.1, -0.05) is 22.9 Å². The molecule has 1 unspecified atom stereocenters. The largest absolute Gasteiger partial charge is 0.403 e. The molecule has 0 saturated carbocycles. The Hall–Kier alpha value is 0.230. The molecular weight excluding hydrogens is 225 g/mol. The lowest BCUT2D eigenvalue weighted by Crippen LogP contribution is -2.27. The first-order chi connectivity index (χ1) is 4.98. The molecule has 1 atom stereocenters. The zero-order valence-corrected chi connectivity index (χ0v) is 7.70. The zero-order chi connectivity index (χ0) is 8.91. The topological polar surface area (TPSA) is 9.23 Å². The highest BCUT2D eigenvalue weighted by Crippen LogP contribution is 2.26. The van der Waals surface area contributed by atoms with Crippen molar-refractivity contribution in [2.75, 3.05) is 13.2 Å². The molecule has 0 bridgehead atoms. The van der Waals surface area contributed by atoms with E-state index >= 15 is 0 Å². The van der Waals surface area contributed by atoms with Gasteiger partial charge in [0.1, 0.15) is 4.83 Å². The molecule has 0 radical (unpaired) electrons. The van der Waals surface area contributed by atoms with Crippen LogP contribution in [-0.4, -0.2) is 24.2 Å². The summed E-state index contributed by atoms with van der Waals surface area (Å²) in [4.78, 5) is -1.54. The van der Waals surface area contributed by atoms with E-state index in [4.69, 9.17) is 4.74 Å². The third-order valence-corrected chi connectivity index (χ3v) is 1.75. The van der Waals surface area contributed by atoms with Gasteiger partial charge in [-0.2, -0.15) is 13.2 Å². The van der Waals surface area contributed by atoms with Gasteiger partial charge in [0.25, 0.3) is 0 Å². The lowest BCUT2D eigenvalue weighted by molar-refractivity contribution is -0.137. The Bertz CT molecular complexity index is 104. The van der Waals surface area contributed by atoms with Gasteiger partial charge < -0.3 is 4.74 Å². The maximum absolute atomic E-state index is 11.7. The minimum absolute atomic E-state index is 0.308. The molecule has 68 valence electrons. The molecule has 0 fully saturated rings. The van der Waals surface area contributed by atoms with Crippen LogP contribution in [0.1, 0.15) is 13.3 Å². The summed E-state index contributed by atoms with van der Waals surface area (Å²) in [5.41, 5.74) is 0. The second kappa shape index (κ2) is 4.98. The Labute approximate surface area is 72.0 Å². The van der Waals surface area contributed by atoms with Crippen molar-refractivity contribution < 1.29 is 17.9 Å². The molecule has 5 heteroatoms. The van der Waals surface area contributed by atoms with E-state index in [-0.39, 0.29) is 6.61 Å². The van der Waals surface area contributed by atoms with Crippen LogP contribution in [-0.2, 0) is 4.74 Å². The van der Waals surface area contributed by atoms with Crippen molar-refractivity contribution in [3.8, 4) is 0 Å². The quantitative estimate of drug-likeness (QED) is 0.537. The molecule has 0 saturated heterocycles. The molecule has 1 nitrogen and oxygen atoms in total. The van der Waals surface area contributed by atoms with Crippen molar-refractivity contribution in [1.29, 1.82) is 0 Å². The molecule has 0 aromatic rings. The number of rotatable bonds is 4. The monoisotopic (exact) mass is 234 g/mol. The minimum Gasteiger partial charge on any atom is -0.380 e. The first kappa shape index (κ1) is 11.2. The maximum atomic E-state index is 11.7. The first-order valence-electron chi connectivity index (χ1n) is 3.27. The third kappa shape index (κ3) is 5.49. The van der Waals surface area contributed by atoms with Gasteiger partial charge in [0.05, 0.1) is 6.61 Å². The van der Waals surface area contributed by atoms with Gasteiger partial charge in [-0.15, -0.1) is 0 Å². The number of alkyl halides is 4. The molecular formula is C6H10BrF3O. The average Bonchev–Trinajstić information content (AvgIpc) is 1.86. The fraction of sp³-hybridized carbons (Fsp3) is 1.00. The lowest BCUT2D eigenvalue weighted by Gasteiger charge is -2.13. The second-order valence-corrected chi connectivity index (χ2v) is 3.19. The van der Waals surface area contributed by atoms with Crippen LogP contribution in [0, 0.1) is 0 Å². The smallest absolute Gasteiger partial charge is 0.380 e. The minimum atomic E-state index is -4.20. The predicted octanol–water partition coefficient (Wildman–Crippen LogP) is 2.74. The molecule has 11 heavy (non-hydrogen) atoms. The van der Waals surface area contributed by atoms with Crippen LogP contribution < -0.4 is 0 Å². The van der Waals surface area contributed by atoms with Crippen LogP contribution in [0.3, 0.4) is 0 Å². The Balaban J connectivity index is 3.44. The summed E-state index contributed by atoms with van der Waals surface area (Å²) >= 11 is 2.48. The summed E-state index contributed by atoms with van der Waals surface area (Å²) in [6, 6.07) is 0. The first-order valence-corrected chi connectivity index (χ1v) is 4.18. The fourth-order valence-electron chi connectivity index (χ4n) is 0.426. The van der Waals surface area contributed by atoms with Gasteiger partial charge in [-0.3, -0.25) is 0 Å². The van der Waals surface area contributed by atoms with E-state index in [1.165, 1.54) is 0 Å². The summed E-state index contributed by atoms with van der Waals surface area (Å²) in [5, 5.41) is 0. The van der Waals surface area contributed by atoms with Crippen molar-refractivity contribution in [1.82, 2.24) is 0 Å². The Kier molecular flexibility index (Phi) is 5.08. The second-order valence-electron chi connectivity index (χ2n) is 2.08. The van der Waals surface area contributed by atoms with Crippen LogP contribution in [0.25, 0.3) is 0 Å². The zero-order valence-electron chi connectivity index (χ0n) is 6.12. The summed E-state index contributed by atoms with van der Waals surface area (Å²) in [7, 11) is 0. The van der Waals surface area contributed by atoms with E-state index < -0.39 is 11.0 Å². The molecule has 0 aliphatic rings. The molecule has 0 N–H and O–H groups in total. The highest BCUT2D eigenvalue weighted by Gasteiger charge is 2.37. The summed E-state index contributed by atoms with van der Waals surface area (Å²) < 4.78 is 40.0. The highest BCUT2D eigenvalue weighted by atomic mass is 79.9. The highest BCUT2D eigenvalue weighted by molar-refractivity contribution is 9.09. The van der Waals surface area contributed by atoms with Gasteiger partial charge in [0.2, 0.25) is 0 Å². The fourth-order valence-corrected chi connectivity index (χ4v) is 0.613. The average molecular weight is 235 g/mol. The number of halogens is 4. The van der Waals surface area contributed by atoms with E-state index in [1.54, 1.807) is 0 Å². The van der Waals surface area contributed by atoms with E-state index in [9.17, 15) is 13.2 Å². The van der Waals surface area contributed by atoms with Crippen LogP contribution in [0.4, 0.5) is 13.2 Å². The normalized spacial score (nSPS) is 15.0. The Morgan fingerprint density at radius 2 is 2.00 bits per heavy atom. The van der Waals surface area contributed by atoms with Gasteiger partial charge in [0, 0.05) is 6.61 Å². The summed E-state index contributed by atoms with van der Waals surface area (Å²) in [6.07, 6.45) is -3.47. The van der Waals surface area contributed by atoms with Gasteiger partial charge >= 0.3 is 6.18 Å². The molecule has 0 aromatic heterocycles. The molecule has 0 amide bonds. The van der Waals surface area contributed by atoms with Gasteiger partial charge in [-0.25, -0.2) is 0 Å².